The Kier molecular flexibility index (Phi) is 9.18. The minimum atomic E-state index is -0.985. The number of amides is 1. The molecule has 2 aromatic heterocycles. The van der Waals surface area contributed by atoms with Crippen molar-refractivity contribution >= 4 is 27.8 Å². The molecule has 0 aliphatic rings. The van der Waals surface area contributed by atoms with Gasteiger partial charge in [0.05, 0.1) is 13.0 Å². The van der Waals surface area contributed by atoms with Crippen LogP contribution in [0.2, 0.25) is 0 Å². The molecule has 11 heteroatoms. The summed E-state index contributed by atoms with van der Waals surface area (Å²) in [6, 6.07) is 24.9. The van der Waals surface area contributed by atoms with E-state index in [1.165, 1.54) is 0 Å². The fourth-order valence-corrected chi connectivity index (χ4v) is 5.38. The molecule has 0 aliphatic carbocycles. The lowest BCUT2D eigenvalue weighted by molar-refractivity contribution is -0.137. The summed E-state index contributed by atoms with van der Waals surface area (Å²) in [4.78, 5) is 24.9. The zero-order chi connectivity index (χ0) is 29.5. The molecular formula is C31H30BrN7O3. The topological polar surface area (TPSA) is 139 Å². The minimum absolute atomic E-state index is 0.206. The zero-order valence-corrected chi connectivity index (χ0v) is 24.6. The van der Waals surface area contributed by atoms with Gasteiger partial charge in [-0.1, -0.05) is 89.9 Å². The maximum atomic E-state index is 13.3. The fraction of sp³-hybridized carbons (Fsp3) is 0.226. The van der Waals surface area contributed by atoms with Crippen molar-refractivity contribution in [1.82, 2.24) is 35.7 Å². The number of aromatic amines is 1. The van der Waals surface area contributed by atoms with E-state index in [9.17, 15) is 14.7 Å². The standard InChI is InChI=1S/C31H30BrN7O3/c1-2-8-24-18-28(31(42)33-23(17-29(40)41)16-22-11-6-7-12-27(22)32)36-39(24)19-20-13-14-25(21-9-4-3-5-10-21)26(15-20)30-34-37-38-35-30/h3-7,9-15,18,23H,2,8,16-17,19H2,1H3,(H,33,42)(H,40,41)(H,34,35,37,38)/t23-/m1/s1. The number of benzene rings is 3. The first kappa shape index (κ1) is 28.9. The summed E-state index contributed by atoms with van der Waals surface area (Å²) in [5.41, 5.74) is 5.93. The number of aliphatic carboxylic acids is 1. The number of rotatable bonds is 12. The number of halogens is 1. The molecule has 1 atom stereocenters. The van der Waals surface area contributed by atoms with Crippen molar-refractivity contribution in [3.63, 3.8) is 0 Å². The van der Waals surface area contributed by atoms with E-state index in [2.05, 4.69) is 53.9 Å². The lowest BCUT2D eigenvalue weighted by atomic mass is 9.97. The number of nitrogens with one attached hydrogen (secondary N) is 2. The highest BCUT2D eigenvalue weighted by Gasteiger charge is 2.22. The highest BCUT2D eigenvalue weighted by atomic mass is 79.9. The normalized spacial score (nSPS) is 11.8. The summed E-state index contributed by atoms with van der Waals surface area (Å²) < 4.78 is 2.70. The molecule has 0 radical (unpaired) electrons. The van der Waals surface area contributed by atoms with Crippen LogP contribution in [0.1, 0.15) is 47.1 Å². The molecule has 0 aliphatic heterocycles. The lowest BCUT2D eigenvalue weighted by Crippen LogP contribution is -2.38. The summed E-state index contributed by atoms with van der Waals surface area (Å²) in [6.45, 7) is 2.50. The van der Waals surface area contributed by atoms with Crippen LogP contribution in [-0.2, 0) is 24.2 Å². The molecule has 1 amide bonds. The van der Waals surface area contributed by atoms with Gasteiger partial charge < -0.3 is 10.4 Å². The number of hydrogen-bond donors (Lipinski definition) is 3. The summed E-state index contributed by atoms with van der Waals surface area (Å²) >= 11 is 3.51. The van der Waals surface area contributed by atoms with Crippen LogP contribution in [-0.4, -0.2) is 53.4 Å². The van der Waals surface area contributed by atoms with Gasteiger partial charge in [0, 0.05) is 21.8 Å². The van der Waals surface area contributed by atoms with Crippen LogP contribution in [0.25, 0.3) is 22.5 Å². The van der Waals surface area contributed by atoms with Crippen LogP contribution in [0.4, 0.5) is 0 Å². The van der Waals surface area contributed by atoms with E-state index in [0.29, 0.717) is 18.8 Å². The van der Waals surface area contributed by atoms with Gasteiger partial charge in [-0.15, -0.1) is 5.10 Å². The van der Waals surface area contributed by atoms with Crippen LogP contribution in [0.15, 0.2) is 83.3 Å². The van der Waals surface area contributed by atoms with Gasteiger partial charge in [0.15, 0.2) is 5.82 Å². The highest BCUT2D eigenvalue weighted by Crippen LogP contribution is 2.31. The first-order chi connectivity index (χ1) is 20.4. The Bertz CT molecular complexity index is 1670. The Morgan fingerprint density at radius 3 is 2.52 bits per heavy atom. The van der Waals surface area contributed by atoms with Crippen LogP contribution in [0, 0.1) is 0 Å². The Morgan fingerprint density at radius 1 is 1.02 bits per heavy atom. The molecule has 5 rings (SSSR count). The predicted molar refractivity (Wildman–Crippen MR) is 162 cm³/mol. The second-order valence-corrected chi connectivity index (χ2v) is 10.8. The maximum absolute atomic E-state index is 13.3. The average Bonchev–Trinajstić information content (AvgIpc) is 3.66. The first-order valence-electron chi connectivity index (χ1n) is 13.7. The van der Waals surface area contributed by atoms with E-state index >= 15 is 0 Å². The Balaban J connectivity index is 1.40. The zero-order valence-electron chi connectivity index (χ0n) is 23.0. The molecule has 0 saturated heterocycles. The molecule has 0 bridgehead atoms. The number of carbonyl (C=O) groups excluding carboxylic acids is 1. The van der Waals surface area contributed by atoms with Gasteiger partial charge in [-0.2, -0.15) is 5.10 Å². The monoisotopic (exact) mass is 627 g/mol. The summed E-state index contributed by atoms with van der Waals surface area (Å²) in [5, 5.41) is 31.6. The summed E-state index contributed by atoms with van der Waals surface area (Å²) in [6.07, 6.45) is 1.77. The number of nitrogens with zero attached hydrogens (tertiary/aromatic N) is 5. The Labute approximate surface area is 251 Å². The van der Waals surface area contributed by atoms with Gasteiger partial charge in [-0.05, 0) is 63.7 Å². The molecule has 5 aromatic rings. The number of aromatic nitrogens is 6. The molecular weight excluding hydrogens is 598 g/mol. The molecule has 0 spiro atoms. The van der Waals surface area contributed by atoms with Crippen molar-refractivity contribution in [3.05, 3.63) is 106 Å². The molecule has 214 valence electrons. The molecule has 2 heterocycles. The van der Waals surface area contributed by atoms with Gasteiger partial charge >= 0.3 is 5.97 Å². The van der Waals surface area contributed by atoms with Gasteiger partial charge in [-0.25, -0.2) is 5.10 Å². The van der Waals surface area contributed by atoms with Crippen LogP contribution < -0.4 is 5.32 Å². The van der Waals surface area contributed by atoms with E-state index in [4.69, 9.17) is 0 Å². The van der Waals surface area contributed by atoms with E-state index < -0.39 is 17.9 Å². The van der Waals surface area contributed by atoms with E-state index in [1.54, 1.807) is 6.07 Å². The van der Waals surface area contributed by atoms with Gasteiger partial charge in [-0.3, -0.25) is 14.3 Å². The Hall–Kier alpha value is -4.64. The van der Waals surface area contributed by atoms with Crippen LogP contribution in [0.3, 0.4) is 0 Å². The van der Waals surface area contributed by atoms with Gasteiger partial charge in [0.2, 0.25) is 0 Å². The number of carboxylic acids is 1. The molecule has 10 nitrogen and oxygen atoms in total. The molecule has 3 aromatic carbocycles. The second kappa shape index (κ2) is 13.3. The average molecular weight is 629 g/mol. The SMILES string of the molecule is CCCc1cc(C(=O)N[C@@H](CC(=O)O)Cc2ccccc2Br)nn1Cc1ccc(-c2ccccc2)c(-c2nnn[nH]2)c1. The molecule has 0 saturated carbocycles. The summed E-state index contributed by atoms with van der Waals surface area (Å²) in [5.74, 6) is -0.835. The third-order valence-electron chi connectivity index (χ3n) is 6.88. The van der Waals surface area contributed by atoms with Gasteiger partial charge in [0.1, 0.15) is 5.69 Å². The minimum Gasteiger partial charge on any atom is -0.481 e. The van der Waals surface area contributed by atoms with E-state index in [0.717, 1.165) is 50.8 Å². The van der Waals surface area contributed by atoms with Crippen molar-refractivity contribution in [2.45, 2.75) is 45.2 Å². The first-order valence-corrected chi connectivity index (χ1v) is 14.5. The highest BCUT2D eigenvalue weighted by molar-refractivity contribution is 9.10. The van der Waals surface area contributed by atoms with Crippen molar-refractivity contribution in [3.8, 4) is 22.5 Å². The number of carboxylic acid groups (broad SMARTS) is 1. The summed E-state index contributed by atoms with van der Waals surface area (Å²) in [7, 11) is 0. The van der Waals surface area contributed by atoms with Crippen LogP contribution >= 0.6 is 15.9 Å². The third-order valence-corrected chi connectivity index (χ3v) is 7.66. The molecule has 0 unspecified atom stereocenters. The number of carbonyl (C=O) groups is 2. The lowest BCUT2D eigenvalue weighted by Gasteiger charge is -2.17. The fourth-order valence-electron chi connectivity index (χ4n) is 4.94. The van der Waals surface area contributed by atoms with Crippen molar-refractivity contribution < 1.29 is 14.7 Å². The largest absolute Gasteiger partial charge is 0.481 e. The second-order valence-electron chi connectivity index (χ2n) is 9.99. The maximum Gasteiger partial charge on any atom is 0.305 e. The number of tetrazole rings is 1. The molecule has 3 N–H and O–H groups in total. The van der Waals surface area contributed by atoms with E-state index in [-0.39, 0.29) is 12.1 Å². The third kappa shape index (κ3) is 6.98. The predicted octanol–water partition coefficient (Wildman–Crippen LogP) is 5.31. The number of H-pyrrole nitrogens is 1. The quantitative estimate of drug-likeness (QED) is 0.170. The smallest absolute Gasteiger partial charge is 0.305 e. The van der Waals surface area contributed by atoms with Gasteiger partial charge in [0.25, 0.3) is 5.91 Å². The van der Waals surface area contributed by atoms with E-state index in [1.807, 2.05) is 77.5 Å². The van der Waals surface area contributed by atoms with Crippen LogP contribution in [0.5, 0.6) is 0 Å². The number of aryl methyl sites for hydroxylation is 1. The Morgan fingerprint density at radius 2 is 1.81 bits per heavy atom. The molecule has 0 fully saturated rings. The van der Waals surface area contributed by atoms with Crippen molar-refractivity contribution in [2.75, 3.05) is 0 Å². The van der Waals surface area contributed by atoms with Crippen molar-refractivity contribution in [2.24, 2.45) is 0 Å². The van der Waals surface area contributed by atoms with Crippen molar-refractivity contribution in [1.29, 1.82) is 0 Å². The molecule has 42 heavy (non-hydrogen) atoms. The number of hydrogen-bond acceptors (Lipinski definition) is 6.